The van der Waals surface area contributed by atoms with Crippen LogP contribution in [0.15, 0.2) is 63.8 Å². The van der Waals surface area contributed by atoms with E-state index < -0.39 is 5.92 Å². The SMILES string of the molecule is O=C(Nc1nc(-c2ccco2)c(-c2ccco2)s1)[C@H]1CC(=O)N(c2ccc3c(c2)OCCO3)C1. The van der Waals surface area contributed by atoms with Crippen LogP contribution < -0.4 is 19.7 Å². The van der Waals surface area contributed by atoms with Crippen LogP contribution in [0.1, 0.15) is 6.42 Å². The van der Waals surface area contributed by atoms with E-state index in [1.807, 2.05) is 6.07 Å². The molecule has 0 bridgehead atoms. The first-order valence-corrected chi connectivity index (χ1v) is 11.6. The van der Waals surface area contributed by atoms with E-state index in [1.54, 1.807) is 53.8 Å². The molecule has 1 atom stereocenters. The number of nitrogens with one attached hydrogen (secondary N) is 1. The first-order chi connectivity index (χ1) is 16.7. The molecule has 6 rings (SSSR count). The second-order valence-corrected chi connectivity index (χ2v) is 8.87. The predicted octanol–water partition coefficient (Wildman–Crippen LogP) is 4.43. The molecule has 10 heteroatoms. The highest BCUT2D eigenvalue weighted by Gasteiger charge is 2.36. The van der Waals surface area contributed by atoms with Gasteiger partial charge in [0.05, 0.1) is 18.4 Å². The molecule has 0 aliphatic carbocycles. The van der Waals surface area contributed by atoms with E-state index in [1.165, 1.54) is 11.3 Å². The lowest BCUT2D eigenvalue weighted by molar-refractivity contribution is -0.122. The van der Waals surface area contributed by atoms with Crippen molar-refractivity contribution in [3.05, 3.63) is 55.0 Å². The van der Waals surface area contributed by atoms with Crippen molar-refractivity contribution in [1.82, 2.24) is 4.98 Å². The summed E-state index contributed by atoms with van der Waals surface area (Å²) in [5.74, 6) is 1.56. The van der Waals surface area contributed by atoms with Gasteiger partial charge >= 0.3 is 0 Å². The Hall–Kier alpha value is -4.05. The minimum absolute atomic E-state index is 0.113. The normalized spacial score (nSPS) is 17.2. The highest BCUT2D eigenvalue weighted by Crippen LogP contribution is 2.40. The third-order valence-electron chi connectivity index (χ3n) is 5.69. The lowest BCUT2D eigenvalue weighted by atomic mass is 10.1. The van der Waals surface area contributed by atoms with Crippen LogP contribution >= 0.6 is 11.3 Å². The molecule has 1 saturated heterocycles. The molecule has 0 unspecified atom stereocenters. The summed E-state index contributed by atoms with van der Waals surface area (Å²) in [6.07, 6.45) is 3.26. The summed E-state index contributed by atoms with van der Waals surface area (Å²) >= 11 is 1.29. The van der Waals surface area contributed by atoms with Gasteiger partial charge in [0.2, 0.25) is 11.8 Å². The number of thiazole rings is 1. The topological polar surface area (TPSA) is 107 Å². The third-order valence-corrected chi connectivity index (χ3v) is 6.68. The van der Waals surface area contributed by atoms with Gasteiger partial charge in [0, 0.05) is 24.7 Å². The number of amides is 2. The zero-order valence-electron chi connectivity index (χ0n) is 17.9. The average Bonchev–Trinajstić information content (AvgIpc) is 3.65. The maximum atomic E-state index is 13.0. The fraction of sp³-hybridized carbons (Fsp3) is 0.208. The number of nitrogens with zero attached hydrogens (tertiary/aromatic N) is 2. The highest BCUT2D eigenvalue weighted by atomic mass is 32.1. The number of carbonyl (C=O) groups excluding carboxylic acids is 2. The minimum atomic E-state index is -0.510. The second kappa shape index (κ2) is 8.38. The van der Waals surface area contributed by atoms with Crippen molar-refractivity contribution in [3.8, 4) is 33.6 Å². The summed E-state index contributed by atoms with van der Waals surface area (Å²) in [4.78, 5) is 32.7. The van der Waals surface area contributed by atoms with Gasteiger partial charge in [-0.2, -0.15) is 0 Å². The Morgan fingerprint density at radius 1 is 1.03 bits per heavy atom. The Labute approximate surface area is 197 Å². The van der Waals surface area contributed by atoms with Gasteiger partial charge in [0.1, 0.15) is 29.5 Å². The Bertz CT molecular complexity index is 1290. The van der Waals surface area contributed by atoms with Crippen LogP contribution in [0.25, 0.3) is 22.1 Å². The third kappa shape index (κ3) is 3.71. The van der Waals surface area contributed by atoms with Crippen molar-refractivity contribution >= 4 is 34.0 Å². The summed E-state index contributed by atoms with van der Waals surface area (Å²) in [5.41, 5.74) is 1.26. The molecular weight excluding hydrogens is 458 g/mol. The maximum absolute atomic E-state index is 13.0. The molecule has 3 aromatic heterocycles. The molecule has 1 fully saturated rings. The Balaban J connectivity index is 1.21. The smallest absolute Gasteiger partial charge is 0.231 e. The Morgan fingerprint density at radius 3 is 2.56 bits per heavy atom. The molecule has 0 saturated carbocycles. The summed E-state index contributed by atoms with van der Waals surface area (Å²) < 4.78 is 22.2. The molecule has 9 nitrogen and oxygen atoms in total. The highest BCUT2D eigenvalue weighted by molar-refractivity contribution is 7.19. The van der Waals surface area contributed by atoms with Crippen LogP contribution in [0.5, 0.6) is 11.5 Å². The van der Waals surface area contributed by atoms with Crippen LogP contribution in [0, 0.1) is 5.92 Å². The number of furan rings is 2. The molecule has 4 aromatic rings. The Morgan fingerprint density at radius 2 is 1.79 bits per heavy atom. The zero-order chi connectivity index (χ0) is 23.1. The largest absolute Gasteiger partial charge is 0.486 e. The van der Waals surface area contributed by atoms with Crippen molar-refractivity contribution in [2.24, 2.45) is 5.92 Å². The number of anilines is 2. The van der Waals surface area contributed by atoms with Crippen molar-refractivity contribution in [2.75, 3.05) is 30.0 Å². The first-order valence-electron chi connectivity index (χ1n) is 10.7. The molecule has 1 aromatic carbocycles. The van der Waals surface area contributed by atoms with E-state index in [2.05, 4.69) is 10.3 Å². The fourth-order valence-electron chi connectivity index (χ4n) is 4.07. The fourth-order valence-corrected chi connectivity index (χ4v) is 5.01. The number of carbonyl (C=O) groups is 2. The molecule has 1 N–H and O–H groups in total. The van der Waals surface area contributed by atoms with E-state index in [0.717, 1.165) is 4.88 Å². The zero-order valence-corrected chi connectivity index (χ0v) is 18.7. The summed E-state index contributed by atoms with van der Waals surface area (Å²) in [5, 5.41) is 3.28. The number of hydrogen-bond donors (Lipinski definition) is 1. The van der Waals surface area contributed by atoms with E-state index in [4.69, 9.17) is 18.3 Å². The molecule has 2 aliphatic rings. The first kappa shape index (κ1) is 20.5. The van der Waals surface area contributed by atoms with E-state index in [9.17, 15) is 9.59 Å². The second-order valence-electron chi connectivity index (χ2n) is 7.87. The maximum Gasteiger partial charge on any atom is 0.231 e. The molecule has 172 valence electrons. The van der Waals surface area contributed by atoms with Gasteiger partial charge < -0.3 is 28.5 Å². The van der Waals surface area contributed by atoms with Gasteiger partial charge in [-0.05, 0) is 36.4 Å². The molecule has 2 amide bonds. The van der Waals surface area contributed by atoms with E-state index >= 15 is 0 Å². The van der Waals surface area contributed by atoms with Crippen LogP contribution in [-0.2, 0) is 9.59 Å². The monoisotopic (exact) mass is 477 g/mol. The number of hydrogen-bond acceptors (Lipinski definition) is 8. The summed E-state index contributed by atoms with van der Waals surface area (Å²) in [7, 11) is 0. The van der Waals surface area contributed by atoms with Crippen molar-refractivity contribution in [1.29, 1.82) is 0 Å². The number of rotatable bonds is 5. The summed E-state index contributed by atoms with van der Waals surface area (Å²) in [6, 6.07) is 12.6. The van der Waals surface area contributed by atoms with Gasteiger partial charge in [0.15, 0.2) is 22.4 Å². The number of aromatic nitrogens is 1. The molecular formula is C24H19N3O6S. The van der Waals surface area contributed by atoms with Crippen molar-refractivity contribution in [2.45, 2.75) is 6.42 Å². The van der Waals surface area contributed by atoms with E-state index in [0.29, 0.717) is 52.7 Å². The molecule has 34 heavy (non-hydrogen) atoms. The van der Waals surface area contributed by atoms with Crippen LogP contribution in [0.2, 0.25) is 0 Å². The van der Waals surface area contributed by atoms with Crippen LogP contribution in [-0.4, -0.2) is 36.6 Å². The lowest BCUT2D eigenvalue weighted by Gasteiger charge is -2.22. The quantitative estimate of drug-likeness (QED) is 0.453. The van der Waals surface area contributed by atoms with Crippen molar-refractivity contribution in [3.63, 3.8) is 0 Å². The van der Waals surface area contributed by atoms with Gasteiger partial charge in [-0.1, -0.05) is 11.3 Å². The number of fused-ring (bicyclic) bond motifs is 1. The van der Waals surface area contributed by atoms with E-state index in [-0.39, 0.29) is 24.8 Å². The predicted molar refractivity (Wildman–Crippen MR) is 124 cm³/mol. The van der Waals surface area contributed by atoms with Gasteiger partial charge in [0.25, 0.3) is 0 Å². The van der Waals surface area contributed by atoms with Crippen LogP contribution in [0.4, 0.5) is 10.8 Å². The lowest BCUT2D eigenvalue weighted by Crippen LogP contribution is -2.28. The van der Waals surface area contributed by atoms with Gasteiger partial charge in [-0.15, -0.1) is 0 Å². The number of benzene rings is 1. The minimum Gasteiger partial charge on any atom is -0.486 e. The standard InChI is InChI=1S/C24H19N3O6S/c28-20-11-14(13-27(20)15-5-6-16-19(12-15)33-10-9-32-16)23(29)26-24-25-21(17-3-1-7-30-17)22(34-24)18-4-2-8-31-18/h1-8,12,14H,9-11,13H2,(H,25,26,29)/t14-/m0/s1. The van der Waals surface area contributed by atoms with Crippen LogP contribution in [0.3, 0.4) is 0 Å². The Kier molecular flexibility index (Phi) is 5.06. The van der Waals surface area contributed by atoms with Gasteiger partial charge in [-0.25, -0.2) is 4.98 Å². The molecule has 2 aliphatic heterocycles. The average molecular weight is 477 g/mol. The molecule has 0 radical (unpaired) electrons. The summed E-state index contributed by atoms with van der Waals surface area (Å²) in [6.45, 7) is 1.23. The molecule has 0 spiro atoms. The number of ether oxygens (including phenoxy) is 2. The van der Waals surface area contributed by atoms with Crippen molar-refractivity contribution < 1.29 is 27.9 Å². The molecule has 5 heterocycles. The van der Waals surface area contributed by atoms with Gasteiger partial charge in [-0.3, -0.25) is 9.59 Å².